The summed E-state index contributed by atoms with van der Waals surface area (Å²) < 4.78 is 4.98. The van der Waals surface area contributed by atoms with Crippen molar-refractivity contribution < 1.29 is 0 Å². The van der Waals surface area contributed by atoms with Crippen LogP contribution in [0.15, 0.2) is 262 Å². The van der Waals surface area contributed by atoms with Crippen LogP contribution in [-0.4, -0.2) is 22.6 Å². The van der Waals surface area contributed by atoms with Crippen LogP contribution in [0, 0.1) is 0 Å². The van der Waals surface area contributed by atoms with Crippen molar-refractivity contribution in [3.05, 3.63) is 243 Å². The molecule has 8 heteroatoms. The first-order chi connectivity index (χ1) is 36.7. The molecule has 2 aromatic heterocycles. The number of nitrogens with zero attached hydrogens (tertiary/aromatic N) is 4. The van der Waals surface area contributed by atoms with Crippen molar-refractivity contribution in [2.24, 2.45) is 0 Å². The number of anilines is 6. The predicted molar refractivity (Wildman–Crippen MR) is 315 cm³/mol. The van der Waals surface area contributed by atoms with Crippen LogP contribution in [0.1, 0.15) is 0 Å². The van der Waals surface area contributed by atoms with Crippen LogP contribution >= 0.6 is 23.5 Å². The average molecular weight is 975 g/mol. The maximum atomic E-state index is 2.63. The van der Waals surface area contributed by atoms with E-state index in [-0.39, 0.29) is 13.4 Å². The second kappa shape index (κ2) is 15.5. The second-order valence-corrected chi connectivity index (χ2v) is 22.1. The smallest absolute Gasteiger partial charge is 0.252 e. The molecule has 0 radical (unpaired) electrons. The molecule has 13 aromatic rings. The van der Waals surface area contributed by atoms with E-state index in [0.29, 0.717) is 0 Å². The minimum atomic E-state index is -0.0413. The number of hydrogen-bond donors (Lipinski definition) is 0. The highest BCUT2D eigenvalue weighted by atomic mass is 32.2. The fourth-order valence-corrected chi connectivity index (χ4v) is 15.7. The molecule has 4 aliphatic heterocycles. The zero-order valence-corrected chi connectivity index (χ0v) is 41.5. The summed E-state index contributed by atoms with van der Waals surface area (Å²) in [6.45, 7) is 0.0231. The molecule has 0 saturated carbocycles. The quantitative estimate of drug-likeness (QED) is 0.163. The highest BCUT2D eigenvalue weighted by molar-refractivity contribution is 8.01. The van der Waals surface area contributed by atoms with Crippen molar-refractivity contribution in [3.63, 3.8) is 0 Å². The number of aromatic nitrogens is 2. The minimum Gasteiger partial charge on any atom is -0.311 e. The van der Waals surface area contributed by atoms with Crippen LogP contribution in [0.2, 0.25) is 0 Å². The van der Waals surface area contributed by atoms with E-state index in [0.717, 1.165) is 17.1 Å². The lowest BCUT2D eigenvalue weighted by molar-refractivity contribution is 1.14. The fourth-order valence-electron chi connectivity index (χ4n) is 13.2. The van der Waals surface area contributed by atoms with Crippen LogP contribution in [0.25, 0.3) is 55.0 Å². The molecule has 0 atom stereocenters. The van der Waals surface area contributed by atoms with Crippen LogP contribution in [0.4, 0.5) is 34.1 Å². The van der Waals surface area contributed by atoms with Gasteiger partial charge in [0.15, 0.2) is 0 Å². The Morgan fingerprint density at radius 3 is 1.26 bits per heavy atom. The van der Waals surface area contributed by atoms with Crippen LogP contribution in [-0.2, 0) is 0 Å². The Morgan fingerprint density at radius 1 is 0.257 bits per heavy atom. The van der Waals surface area contributed by atoms with E-state index in [9.17, 15) is 0 Å². The fraction of sp³-hybridized carbons (Fsp3) is 0. The molecule has 4 aliphatic rings. The van der Waals surface area contributed by atoms with Crippen molar-refractivity contribution in [3.8, 4) is 11.4 Å². The van der Waals surface area contributed by atoms with E-state index in [4.69, 9.17) is 0 Å². The molecule has 4 nitrogen and oxygen atoms in total. The second-order valence-electron chi connectivity index (χ2n) is 20.0. The summed E-state index contributed by atoms with van der Waals surface area (Å²) in [6, 6.07) is 91.0. The zero-order valence-electron chi connectivity index (χ0n) is 39.9. The minimum absolute atomic E-state index is 0.0413. The normalized spacial score (nSPS) is 13.7. The number of rotatable bonds is 4. The lowest BCUT2D eigenvalue weighted by Crippen LogP contribution is -2.64. The number of para-hydroxylation sites is 7. The first-order valence-electron chi connectivity index (χ1n) is 25.5. The van der Waals surface area contributed by atoms with E-state index < -0.39 is 0 Å². The lowest BCUT2D eigenvalue weighted by atomic mass is 9.31. The van der Waals surface area contributed by atoms with Gasteiger partial charge in [-0.2, -0.15) is 0 Å². The summed E-state index contributed by atoms with van der Waals surface area (Å²) in [7, 11) is 0. The number of hydrogen-bond acceptors (Lipinski definition) is 4. The van der Waals surface area contributed by atoms with Crippen molar-refractivity contribution in [1.29, 1.82) is 0 Å². The molecule has 0 saturated heterocycles. The van der Waals surface area contributed by atoms with Crippen LogP contribution in [0.3, 0.4) is 0 Å². The van der Waals surface area contributed by atoms with Gasteiger partial charge >= 0.3 is 0 Å². The van der Waals surface area contributed by atoms with Crippen molar-refractivity contribution >= 4 is 147 Å². The Balaban J connectivity index is 0.956. The molecule has 74 heavy (non-hydrogen) atoms. The Labute approximate surface area is 437 Å². The monoisotopic (exact) mass is 974 g/mol. The van der Waals surface area contributed by atoms with Crippen LogP contribution < -0.4 is 42.6 Å². The molecule has 0 N–H and O–H groups in total. The third-order valence-electron chi connectivity index (χ3n) is 16.2. The summed E-state index contributed by atoms with van der Waals surface area (Å²) in [5.41, 5.74) is 22.4. The number of fused-ring (bicyclic) bond motifs is 14. The van der Waals surface area contributed by atoms with Gasteiger partial charge in [0, 0.05) is 80.9 Å². The molecule has 0 unspecified atom stereocenters. The molecule has 6 heterocycles. The predicted octanol–water partition coefficient (Wildman–Crippen LogP) is 13.4. The summed E-state index contributed by atoms with van der Waals surface area (Å²) in [6.07, 6.45) is 0. The van der Waals surface area contributed by atoms with Gasteiger partial charge in [0.2, 0.25) is 6.71 Å². The highest BCUT2D eigenvalue weighted by Crippen LogP contribution is 2.48. The topological polar surface area (TPSA) is 16.3 Å². The summed E-state index contributed by atoms with van der Waals surface area (Å²) in [5.74, 6) is 0. The molecule has 0 bridgehead atoms. The largest absolute Gasteiger partial charge is 0.311 e. The molecular formula is C66H40B2N4S2. The van der Waals surface area contributed by atoms with E-state index >= 15 is 0 Å². The van der Waals surface area contributed by atoms with Gasteiger partial charge in [-0.1, -0.05) is 186 Å². The van der Waals surface area contributed by atoms with Gasteiger partial charge in [-0.05, 0) is 113 Å². The van der Waals surface area contributed by atoms with Gasteiger partial charge in [-0.15, -0.1) is 0 Å². The molecule has 0 amide bonds. The summed E-state index contributed by atoms with van der Waals surface area (Å²) in [4.78, 5) is 10.4. The van der Waals surface area contributed by atoms with Crippen molar-refractivity contribution in [1.82, 2.24) is 9.13 Å². The third-order valence-corrected chi connectivity index (χ3v) is 18.4. The number of benzene rings is 11. The first-order valence-corrected chi connectivity index (χ1v) is 27.1. The molecule has 0 fully saturated rings. The third kappa shape index (κ3) is 5.64. The van der Waals surface area contributed by atoms with E-state index in [1.165, 1.54) is 124 Å². The Bertz CT molecular complexity index is 4440. The molecule has 17 rings (SSSR count). The Kier molecular flexibility index (Phi) is 8.57. The Hall–Kier alpha value is -8.55. The van der Waals surface area contributed by atoms with Gasteiger partial charge in [-0.3, -0.25) is 0 Å². The Morgan fingerprint density at radius 2 is 0.689 bits per heavy atom. The molecule has 342 valence electrons. The molecule has 11 aromatic carbocycles. The van der Waals surface area contributed by atoms with E-state index in [2.05, 4.69) is 262 Å². The lowest BCUT2D eigenvalue weighted by Gasteiger charge is -2.45. The summed E-state index contributed by atoms with van der Waals surface area (Å²) in [5, 5.41) is 5.05. The maximum absolute atomic E-state index is 2.63. The maximum Gasteiger partial charge on any atom is 0.252 e. The van der Waals surface area contributed by atoms with Gasteiger partial charge < -0.3 is 18.9 Å². The molecule has 0 aliphatic carbocycles. The van der Waals surface area contributed by atoms with Gasteiger partial charge in [-0.25, -0.2) is 0 Å². The summed E-state index contributed by atoms with van der Waals surface area (Å²) >= 11 is 3.87. The molecule has 0 spiro atoms. The van der Waals surface area contributed by atoms with Gasteiger partial charge in [0.25, 0.3) is 6.71 Å². The SMILES string of the molecule is c1ccc(N2c3ccccc3B3c4cc5c(cc4N(c4ccccc4)c4cc(-n6c7ccccc7c7ccccc76)cc2c43)Sc2cc(-n3c4ccccc4c4ccccc43)cc3c2B5c2ccccc2S3)cc1. The van der Waals surface area contributed by atoms with E-state index in [1.807, 2.05) is 23.5 Å². The average Bonchev–Trinajstić information content (AvgIpc) is 4.01. The standard InChI is InChI=1S/C66H40B2N4S2/c1-3-19-41(20-4-1)69-57-33-17-11-27-49(57)67-51-39-52-62(74-64-38-44(37-63-66(64)68(52)50-28-12-18-34-61(50)73-63)72-55-31-15-9-25-47(55)48-26-10-16-32-56(48)72)40-58(51)70(42-21-5-2-6-22-42)60-36-43(35-59(69)65(60)67)71-53-29-13-7-23-45(53)46-24-8-14-30-54(46)71/h1-40H. The first kappa shape index (κ1) is 41.0. The van der Waals surface area contributed by atoms with Gasteiger partial charge in [0.1, 0.15) is 0 Å². The van der Waals surface area contributed by atoms with Crippen molar-refractivity contribution in [2.75, 3.05) is 9.80 Å². The van der Waals surface area contributed by atoms with E-state index in [1.54, 1.807) is 0 Å². The molecular weight excluding hydrogens is 935 g/mol. The van der Waals surface area contributed by atoms with Gasteiger partial charge in [0.05, 0.1) is 27.8 Å². The van der Waals surface area contributed by atoms with Crippen LogP contribution in [0.5, 0.6) is 0 Å². The van der Waals surface area contributed by atoms with Crippen molar-refractivity contribution in [2.45, 2.75) is 19.6 Å². The highest BCUT2D eigenvalue weighted by Gasteiger charge is 2.46. The zero-order chi connectivity index (χ0) is 48.2.